The number of hydrogen-bond donors (Lipinski definition) is 2. The molecule has 0 aliphatic heterocycles. The van der Waals surface area contributed by atoms with Gasteiger partial charge in [0.15, 0.2) is 0 Å². The molecule has 0 aliphatic rings. The molecule has 0 spiro atoms. The molecule has 17 heavy (non-hydrogen) atoms. The molecular weight excluding hydrogens is 216 g/mol. The Balaban J connectivity index is 2.64. The minimum absolute atomic E-state index is 0.516. The average Bonchev–Trinajstić information content (AvgIpc) is 2.65. The molecule has 0 fully saturated rings. The predicted octanol–water partition coefficient (Wildman–Crippen LogP) is 1.50. The summed E-state index contributed by atoms with van der Waals surface area (Å²) in [7, 11) is 1.95. The van der Waals surface area contributed by atoms with Crippen LogP contribution in [0, 0.1) is 12.8 Å². The van der Waals surface area contributed by atoms with Gasteiger partial charge in [-0.3, -0.25) is 10.4 Å². The molecule has 96 valence electrons. The lowest BCUT2D eigenvalue weighted by atomic mass is 10.2. The van der Waals surface area contributed by atoms with E-state index in [0.717, 1.165) is 24.4 Å². The summed E-state index contributed by atoms with van der Waals surface area (Å²) in [5.74, 6) is 7.62. The van der Waals surface area contributed by atoms with Crippen LogP contribution in [0.25, 0.3) is 0 Å². The van der Waals surface area contributed by atoms with Crippen LogP contribution in [0.1, 0.15) is 25.2 Å². The topological polar surface area (TPSA) is 66.8 Å². The van der Waals surface area contributed by atoms with Gasteiger partial charge in [-0.05, 0) is 18.9 Å². The fraction of sp³-hybridized carbons (Fsp3) is 0.583. The minimum atomic E-state index is 0.516. The number of nitrogens with one attached hydrogen (secondary N) is 1. The van der Waals surface area contributed by atoms with Crippen LogP contribution in [0.3, 0.4) is 0 Å². The van der Waals surface area contributed by atoms with Gasteiger partial charge >= 0.3 is 0 Å². The molecule has 0 atom stereocenters. The predicted molar refractivity (Wildman–Crippen MR) is 69.4 cm³/mol. The maximum atomic E-state index is 5.48. The van der Waals surface area contributed by atoms with Crippen molar-refractivity contribution in [3.05, 3.63) is 23.7 Å². The zero-order chi connectivity index (χ0) is 12.8. The van der Waals surface area contributed by atoms with Crippen molar-refractivity contribution in [2.75, 3.05) is 13.6 Å². The highest BCUT2D eigenvalue weighted by molar-refractivity contribution is 5.79. The normalized spacial score (nSPS) is 12.0. The number of furan rings is 1. The van der Waals surface area contributed by atoms with Crippen LogP contribution in [0.5, 0.6) is 0 Å². The van der Waals surface area contributed by atoms with Crippen LogP contribution in [0.15, 0.2) is 21.7 Å². The van der Waals surface area contributed by atoms with Crippen molar-refractivity contribution >= 4 is 5.96 Å². The maximum Gasteiger partial charge on any atom is 0.208 e. The van der Waals surface area contributed by atoms with E-state index in [4.69, 9.17) is 10.3 Å². The first kappa shape index (κ1) is 13.6. The molecule has 0 amide bonds. The zero-order valence-electron chi connectivity index (χ0n) is 11.0. The van der Waals surface area contributed by atoms with Gasteiger partial charge in [0.25, 0.3) is 0 Å². The van der Waals surface area contributed by atoms with Gasteiger partial charge in [-0.1, -0.05) is 13.8 Å². The molecule has 1 rings (SSSR count). The Labute approximate surface area is 103 Å². The van der Waals surface area contributed by atoms with Crippen LogP contribution < -0.4 is 11.3 Å². The van der Waals surface area contributed by atoms with E-state index >= 15 is 0 Å². The summed E-state index contributed by atoms with van der Waals surface area (Å²) < 4.78 is 5.26. The Kier molecular flexibility index (Phi) is 5.03. The van der Waals surface area contributed by atoms with E-state index in [-0.39, 0.29) is 0 Å². The molecular formula is C12H22N4O. The van der Waals surface area contributed by atoms with Crippen molar-refractivity contribution in [3.8, 4) is 0 Å². The quantitative estimate of drug-likeness (QED) is 0.361. The number of guanidine groups is 1. The lowest BCUT2D eigenvalue weighted by molar-refractivity contribution is 0.461. The molecule has 5 heteroatoms. The van der Waals surface area contributed by atoms with Crippen molar-refractivity contribution in [2.24, 2.45) is 16.8 Å². The second-order valence-corrected chi connectivity index (χ2v) is 4.56. The highest BCUT2D eigenvalue weighted by atomic mass is 16.3. The highest BCUT2D eigenvalue weighted by Crippen LogP contribution is 2.10. The third-order valence-corrected chi connectivity index (χ3v) is 2.47. The number of nitrogens with zero attached hydrogens (tertiary/aromatic N) is 2. The molecule has 5 nitrogen and oxygen atoms in total. The Bertz CT molecular complexity index is 370. The van der Waals surface area contributed by atoms with Crippen molar-refractivity contribution in [2.45, 2.75) is 27.3 Å². The molecule has 0 unspecified atom stereocenters. The van der Waals surface area contributed by atoms with Gasteiger partial charge in [-0.25, -0.2) is 5.84 Å². The van der Waals surface area contributed by atoms with Gasteiger partial charge in [-0.15, -0.1) is 0 Å². The molecule has 0 saturated carbocycles. The molecule has 0 aromatic carbocycles. The SMILES string of the molecule is Cc1occc1CN(C)C(=NCC(C)C)NN. The second kappa shape index (κ2) is 6.30. The van der Waals surface area contributed by atoms with E-state index in [1.54, 1.807) is 6.26 Å². The fourth-order valence-electron chi connectivity index (χ4n) is 1.45. The number of rotatable bonds is 4. The number of aryl methyl sites for hydroxylation is 1. The molecule has 1 aromatic rings. The van der Waals surface area contributed by atoms with E-state index in [2.05, 4.69) is 24.3 Å². The third kappa shape index (κ3) is 4.11. The van der Waals surface area contributed by atoms with Crippen LogP contribution in [-0.2, 0) is 6.54 Å². The Hall–Kier alpha value is -1.49. The van der Waals surface area contributed by atoms with E-state index in [9.17, 15) is 0 Å². The first-order valence-corrected chi connectivity index (χ1v) is 5.79. The molecule has 0 bridgehead atoms. The molecule has 0 aliphatic carbocycles. The third-order valence-electron chi connectivity index (χ3n) is 2.47. The zero-order valence-corrected chi connectivity index (χ0v) is 11.0. The van der Waals surface area contributed by atoms with E-state index in [0.29, 0.717) is 11.9 Å². The van der Waals surface area contributed by atoms with Crippen molar-refractivity contribution in [1.82, 2.24) is 10.3 Å². The van der Waals surface area contributed by atoms with E-state index < -0.39 is 0 Å². The summed E-state index contributed by atoms with van der Waals surface area (Å²) in [6.45, 7) is 7.68. The summed E-state index contributed by atoms with van der Waals surface area (Å²) in [6.07, 6.45) is 1.69. The maximum absolute atomic E-state index is 5.48. The van der Waals surface area contributed by atoms with Gasteiger partial charge in [0.2, 0.25) is 5.96 Å². The van der Waals surface area contributed by atoms with Gasteiger partial charge in [0.05, 0.1) is 6.26 Å². The molecule has 3 N–H and O–H groups in total. The molecule has 0 radical (unpaired) electrons. The summed E-state index contributed by atoms with van der Waals surface area (Å²) in [5, 5.41) is 0. The average molecular weight is 238 g/mol. The summed E-state index contributed by atoms with van der Waals surface area (Å²) >= 11 is 0. The Morgan fingerprint density at radius 2 is 2.29 bits per heavy atom. The molecule has 1 heterocycles. The largest absolute Gasteiger partial charge is 0.469 e. The van der Waals surface area contributed by atoms with Crippen molar-refractivity contribution < 1.29 is 4.42 Å². The van der Waals surface area contributed by atoms with E-state index in [1.165, 1.54) is 0 Å². The lowest BCUT2D eigenvalue weighted by Crippen LogP contribution is -2.42. The van der Waals surface area contributed by atoms with Crippen LogP contribution in [0.2, 0.25) is 0 Å². The minimum Gasteiger partial charge on any atom is -0.469 e. The Morgan fingerprint density at radius 1 is 1.59 bits per heavy atom. The lowest BCUT2D eigenvalue weighted by Gasteiger charge is -2.20. The number of hydrogen-bond acceptors (Lipinski definition) is 3. The molecule has 0 saturated heterocycles. The number of hydrazine groups is 1. The Morgan fingerprint density at radius 3 is 2.76 bits per heavy atom. The summed E-state index contributed by atoms with van der Waals surface area (Å²) in [5.41, 5.74) is 3.77. The first-order valence-electron chi connectivity index (χ1n) is 5.79. The summed E-state index contributed by atoms with van der Waals surface area (Å²) in [6, 6.07) is 1.96. The smallest absolute Gasteiger partial charge is 0.208 e. The van der Waals surface area contributed by atoms with Gasteiger partial charge in [0, 0.05) is 25.7 Å². The van der Waals surface area contributed by atoms with Gasteiger partial charge < -0.3 is 9.32 Å². The highest BCUT2D eigenvalue weighted by Gasteiger charge is 2.09. The van der Waals surface area contributed by atoms with Crippen LogP contribution >= 0.6 is 0 Å². The van der Waals surface area contributed by atoms with Crippen LogP contribution in [-0.4, -0.2) is 24.5 Å². The van der Waals surface area contributed by atoms with Crippen LogP contribution in [0.4, 0.5) is 0 Å². The molecule has 1 aromatic heterocycles. The second-order valence-electron chi connectivity index (χ2n) is 4.56. The van der Waals surface area contributed by atoms with E-state index in [1.807, 2.05) is 24.9 Å². The van der Waals surface area contributed by atoms with Gasteiger partial charge in [0.1, 0.15) is 5.76 Å². The number of nitrogens with two attached hydrogens (primary N) is 1. The number of aliphatic imine (C=N–C) groups is 1. The standard InChI is InChI=1S/C12H22N4O/c1-9(2)7-14-12(15-13)16(4)8-11-5-6-17-10(11)3/h5-6,9H,7-8,13H2,1-4H3,(H,14,15). The van der Waals surface area contributed by atoms with Crippen molar-refractivity contribution in [3.63, 3.8) is 0 Å². The van der Waals surface area contributed by atoms with Gasteiger partial charge in [-0.2, -0.15) is 0 Å². The van der Waals surface area contributed by atoms with Crippen molar-refractivity contribution in [1.29, 1.82) is 0 Å². The fourth-order valence-corrected chi connectivity index (χ4v) is 1.45. The summed E-state index contributed by atoms with van der Waals surface area (Å²) in [4.78, 5) is 6.40. The monoisotopic (exact) mass is 238 g/mol. The first-order chi connectivity index (χ1) is 8.04.